The summed E-state index contributed by atoms with van der Waals surface area (Å²) in [7, 11) is 0. The highest BCUT2D eigenvalue weighted by Crippen LogP contribution is 2.22. The highest BCUT2D eigenvalue weighted by atomic mass is 35.5. The van der Waals surface area contributed by atoms with E-state index in [0.29, 0.717) is 0 Å². The fourth-order valence-corrected chi connectivity index (χ4v) is 1.76. The fourth-order valence-electron chi connectivity index (χ4n) is 1.58. The van der Waals surface area contributed by atoms with Gasteiger partial charge in [-0.1, -0.05) is 12.1 Å². The monoisotopic (exact) mass is 221 g/mol. The molecule has 0 saturated heterocycles. The summed E-state index contributed by atoms with van der Waals surface area (Å²) in [6.45, 7) is 3.90. The smallest absolute Gasteiger partial charge is 0.223 e. The van der Waals surface area contributed by atoms with Crippen LogP contribution in [0.25, 0.3) is 10.9 Å². The van der Waals surface area contributed by atoms with Crippen LogP contribution >= 0.6 is 11.6 Å². The number of nitrogens with zero attached hydrogens (tertiary/aromatic N) is 2. The van der Waals surface area contributed by atoms with E-state index in [-0.39, 0.29) is 11.3 Å². The number of halogens is 1. The highest BCUT2D eigenvalue weighted by Gasteiger charge is 2.09. The van der Waals surface area contributed by atoms with Crippen molar-refractivity contribution >= 4 is 22.5 Å². The van der Waals surface area contributed by atoms with Gasteiger partial charge in [-0.2, -0.15) is 0 Å². The zero-order valence-corrected chi connectivity index (χ0v) is 9.42. The van der Waals surface area contributed by atoms with E-state index >= 15 is 0 Å². The molecule has 0 fully saturated rings. The Bertz CT molecular complexity index is 503. The molecule has 2 N–H and O–H groups in total. The molecule has 78 valence electrons. The van der Waals surface area contributed by atoms with Gasteiger partial charge in [-0.05, 0) is 37.1 Å². The lowest BCUT2D eigenvalue weighted by atomic mass is 10.1. The van der Waals surface area contributed by atoms with Crippen molar-refractivity contribution in [2.24, 2.45) is 5.73 Å². The van der Waals surface area contributed by atoms with Gasteiger partial charge in [0.25, 0.3) is 0 Å². The van der Waals surface area contributed by atoms with E-state index in [2.05, 4.69) is 9.97 Å². The molecule has 0 aliphatic heterocycles. The maximum atomic E-state index is 5.84. The number of fused-ring (bicyclic) bond motifs is 1. The summed E-state index contributed by atoms with van der Waals surface area (Å²) < 4.78 is 0. The van der Waals surface area contributed by atoms with Gasteiger partial charge < -0.3 is 5.73 Å². The van der Waals surface area contributed by atoms with E-state index in [1.54, 1.807) is 0 Å². The molecule has 0 amide bonds. The third-order valence-corrected chi connectivity index (χ3v) is 2.45. The first-order valence-corrected chi connectivity index (χ1v) is 5.15. The average Bonchev–Trinajstić information content (AvgIpc) is 2.15. The number of hydrogen-bond donors (Lipinski definition) is 1. The van der Waals surface area contributed by atoms with Crippen LogP contribution in [-0.2, 0) is 0 Å². The van der Waals surface area contributed by atoms with E-state index in [0.717, 1.165) is 22.2 Å². The summed E-state index contributed by atoms with van der Waals surface area (Å²) in [5.74, 6) is 0. The SMILES string of the molecule is Cc1ccc2c(C(C)N)nc(Cl)nc2c1. The number of aromatic nitrogens is 2. The van der Waals surface area contributed by atoms with Crippen LogP contribution in [-0.4, -0.2) is 9.97 Å². The molecule has 1 aromatic heterocycles. The highest BCUT2D eigenvalue weighted by molar-refractivity contribution is 6.28. The minimum Gasteiger partial charge on any atom is -0.323 e. The van der Waals surface area contributed by atoms with E-state index in [4.69, 9.17) is 17.3 Å². The van der Waals surface area contributed by atoms with Gasteiger partial charge in [0.2, 0.25) is 5.28 Å². The molecule has 1 unspecified atom stereocenters. The first-order chi connectivity index (χ1) is 7.08. The van der Waals surface area contributed by atoms with Gasteiger partial charge in [-0.3, -0.25) is 0 Å². The largest absolute Gasteiger partial charge is 0.323 e. The number of aryl methyl sites for hydroxylation is 1. The van der Waals surface area contributed by atoms with Crippen LogP contribution in [0.5, 0.6) is 0 Å². The normalized spacial score (nSPS) is 13.1. The van der Waals surface area contributed by atoms with Gasteiger partial charge in [-0.25, -0.2) is 9.97 Å². The Morgan fingerprint density at radius 3 is 2.73 bits per heavy atom. The lowest BCUT2D eigenvalue weighted by Gasteiger charge is -2.09. The summed E-state index contributed by atoms with van der Waals surface area (Å²) in [6.07, 6.45) is 0. The predicted molar refractivity (Wildman–Crippen MR) is 61.9 cm³/mol. The van der Waals surface area contributed by atoms with E-state index in [1.807, 2.05) is 32.0 Å². The number of nitrogens with two attached hydrogens (primary N) is 1. The second-order valence-corrected chi connectivity index (χ2v) is 4.03. The average molecular weight is 222 g/mol. The van der Waals surface area contributed by atoms with Gasteiger partial charge in [0.15, 0.2) is 0 Å². The third kappa shape index (κ3) is 1.94. The summed E-state index contributed by atoms with van der Waals surface area (Å²) in [6, 6.07) is 5.84. The molecule has 2 rings (SSSR count). The van der Waals surface area contributed by atoms with Crippen LogP contribution in [0.15, 0.2) is 18.2 Å². The standard InChI is InChI=1S/C11H12ClN3/c1-6-3-4-8-9(5-6)14-11(12)15-10(8)7(2)13/h3-5,7H,13H2,1-2H3. The van der Waals surface area contributed by atoms with Crippen LogP contribution in [0.1, 0.15) is 24.2 Å². The van der Waals surface area contributed by atoms with Crippen molar-refractivity contribution < 1.29 is 0 Å². The number of rotatable bonds is 1. The molecule has 1 atom stereocenters. The van der Waals surface area contributed by atoms with Crippen molar-refractivity contribution in [2.75, 3.05) is 0 Å². The zero-order valence-electron chi connectivity index (χ0n) is 8.66. The molecule has 0 radical (unpaired) electrons. The van der Waals surface area contributed by atoms with E-state index in [9.17, 15) is 0 Å². The van der Waals surface area contributed by atoms with Crippen LogP contribution in [0, 0.1) is 6.92 Å². The number of hydrogen-bond acceptors (Lipinski definition) is 3. The predicted octanol–water partition coefficient (Wildman–Crippen LogP) is 2.61. The topological polar surface area (TPSA) is 51.8 Å². The van der Waals surface area contributed by atoms with Crippen molar-refractivity contribution in [1.29, 1.82) is 0 Å². The van der Waals surface area contributed by atoms with Crippen molar-refractivity contribution in [3.8, 4) is 0 Å². The summed E-state index contributed by atoms with van der Waals surface area (Å²) >= 11 is 5.84. The molecule has 15 heavy (non-hydrogen) atoms. The minimum atomic E-state index is -0.143. The molecule has 2 aromatic rings. The Kier molecular flexibility index (Phi) is 2.59. The molecule has 1 aromatic carbocycles. The summed E-state index contributed by atoms with van der Waals surface area (Å²) in [4.78, 5) is 8.34. The maximum absolute atomic E-state index is 5.84. The maximum Gasteiger partial charge on any atom is 0.223 e. The fraction of sp³-hybridized carbons (Fsp3) is 0.273. The summed E-state index contributed by atoms with van der Waals surface area (Å²) in [5, 5.41) is 1.22. The Balaban J connectivity index is 2.80. The Hall–Kier alpha value is -1.19. The number of benzene rings is 1. The van der Waals surface area contributed by atoms with Crippen molar-refractivity contribution in [1.82, 2.24) is 9.97 Å². The van der Waals surface area contributed by atoms with Crippen molar-refractivity contribution in [3.63, 3.8) is 0 Å². The Labute approximate surface area is 93.3 Å². The van der Waals surface area contributed by atoms with Gasteiger partial charge in [-0.15, -0.1) is 0 Å². The Morgan fingerprint density at radius 2 is 2.07 bits per heavy atom. The molecule has 0 aliphatic carbocycles. The van der Waals surface area contributed by atoms with Gasteiger partial charge in [0.1, 0.15) is 0 Å². The van der Waals surface area contributed by atoms with Crippen LogP contribution in [0.3, 0.4) is 0 Å². The molecule has 0 bridgehead atoms. The van der Waals surface area contributed by atoms with Crippen molar-refractivity contribution in [3.05, 3.63) is 34.7 Å². The van der Waals surface area contributed by atoms with E-state index < -0.39 is 0 Å². The first kappa shape index (κ1) is 10.3. The second-order valence-electron chi connectivity index (χ2n) is 3.69. The van der Waals surface area contributed by atoms with Crippen molar-refractivity contribution in [2.45, 2.75) is 19.9 Å². The quantitative estimate of drug-likeness (QED) is 0.754. The molecule has 0 saturated carbocycles. The molecule has 4 heteroatoms. The summed E-state index contributed by atoms with van der Waals surface area (Å²) in [5.41, 5.74) is 8.63. The lowest BCUT2D eigenvalue weighted by Crippen LogP contribution is -2.09. The van der Waals surface area contributed by atoms with Crippen LogP contribution in [0.2, 0.25) is 5.28 Å². The third-order valence-electron chi connectivity index (χ3n) is 2.29. The van der Waals surface area contributed by atoms with Crippen LogP contribution in [0.4, 0.5) is 0 Å². The first-order valence-electron chi connectivity index (χ1n) is 4.77. The zero-order chi connectivity index (χ0) is 11.0. The van der Waals surface area contributed by atoms with Gasteiger partial charge >= 0.3 is 0 Å². The molecule has 3 nitrogen and oxygen atoms in total. The lowest BCUT2D eigenvalue weighted by molar-refractivity contribution is 0.787. The molecule has 0 aliphatic rings. The van der Waals surface area contributed by atoms with Gasteiger partial charge in [0.05, 0.1) is 11.2 Å². The molecular weight excluding hydrogens is 210 g/mol. The van der Waals surface area contributed by atoms with Crippen LogP contribution < -0.4 is 5.73 Å². The minimum absolute atomic E-state index is 0.143. The molecule has 0 spiro atoms. The van der Waals surface area contributed by atoms with E-state index in [1.165, 1.54) is 0 Å². The molecular formula is C11H12ClN3. The second kappa shape index (κ2) is 3.76. The van der Waals surface area contributed by atoms with Gasteiger partial charge in [0, 0.05) is 11.4 Å². The molecule has 1 heterocycles. The Morgan fingerprint density at radius 1 is 1.33 bits per heavy atom.